The molecule has 0 radical (unpaired) electrons. The average Bonchev–Trinajstić information content (AvgIpc) is 2.62. The van der Waals surface area contributed by atoms with Crippen LogP contribution in [0.4, 0.5) is 0 Å². The molecule has 2 heteroatoms. The van der Waals surface area contributed by atoms with Crippen molar-refractivity contribution < 1.29 is 0 Å². The molecule has 1 fully saturated rings. The van der Waals surface area contributed by atoms with Crippen LogP contribution in [-0.2, 0) is 0 Å². The highest BCUT2D eigenvalue weighted by Gasteiger charge is 2.27. The maximum atomic E-state index is 6.11. The Bertz CT molecular complexity index is 433. The normalized spacial score (nSPS) is 21.2. The van der Waals surface area contributed by atoms with Gasteiger partial charge in [0.1, 0.15) is 0 Å². The van der Waals surface area contributed by atoms with Crippen molar-refractivity contribution in [2.24, 2.45) is 11.1 Å². The van der Waals surface area contributed by atoms with E-state index in [1.54, 1.807) is 0 Å². The van der Waals surface area contributed by atoms with Crippen LogP contribution in [0, 0.1) is 5.41 Å². The van der Waals surface area contributed by atoms with Gasteiger partial charge < -0.3 is 5.73 Å². The van der Waals surface area contributed by atoms with Crippen LogP contribution in [0.5, 0.6) is 0 Å². The van der Waals surface area contributed by atoms with Gasteiger partial charge in [-0.25, -0.2) is 0 Å². The van der Waals surface area contributed by atoms with Gasteiger partial charge in [0.2, 0.25) is 0 Å². The third kappa shape index (κ3) is 4.31. The second-order valence-corrected chi connectivity index (χ2v) is 7.63. The summed E-state index contributed by atoms with van der Waals surface area (Å²) in [6, 6.07) is 9.47. The molecule has 21 heavy (non-hydrogen) atoms. The van der Waals surface area contributed by atoms with Gasteiger partial charge in [0.05, 0.1) is 0 Å². The molecule has 1 aromatic rings. The first kappa shape index (κ1) is 16.5. The van der Waals surface area contributed by atoms with Crippen LogP contribution in [0.15, 0.2) is 24.3 Å². The summed E-state index contributed by atoms with van der Waals surface area (Å²) in [7, 11) is 0. The van der Waals surface area contributed by atoms with Crippen molar-refractivity contribution in [3.8, 4) is 0 Å². The number of hydrogen-bond donors (Lipinski definition) is 1. The van der Waals surface area contributed by atoms with Gasteiger partial charge >= 0.3 is 0 Å². The minimum Gasteiger partial charge on any atom is -0.329 e. The van der Waals surface area contributed by atoms with Crippen molar-refractivity contribution in [2.45, 2.75) is 58.9 Å². The van der Waals surface area contributed by atoms with E-state index >= 15 is 0 Å². The van der Waals surface area contributed by atoms with E-state index in [1.807, 2.05) is 0 Å². The quantitative estimate of drug-likeness (QED) is 0.894. The van der Waals surface area contributed by atoms with Crippen LogP contribution in [0.25, 0.3) is 0 Å². The Morgan fingerprint density at radius 3 is 2.24 bits per heavy atom. The molecule has 1 unspecified atom stereocenters. The molecule has 0 aromatic heterocycles. The van der Waals surface area contributed by atoms with Gasteiger partial charge in [0.25, 0.3) is 0 Å². The van der Waals surface area contributed by atoms with Gasteiger partial charge in [-0.3, -0.25) is 4.90 Å². The maximum absolute atomic E-state index is 6.11. The molecule has 2 nitrogen and oxygen atoms in total. The third-order valence-electron chi connectivity index (χ3n) is 5.03. The van der Waals surface area contributed by atoms with Gasteiger partial charge in [0, 0.05) is 12.6 Å². The lowest BCUT2D eigenvalue weighted by atomic mass is 9.85. The number of likely N-dealkylation sites (tertiary alicyclic amines) is 1. The molecule has 1 aliphatic rings. The van der Waals surface area contributed by atoms with Gasteiger partial charge in [-0.1, -0.05) is 52.0 Å². The molecule has 0 saturated carbocycles. The Kier molecular flexibility index (Phi) is 5.45. The highest BCUT2D eigenvalue weighted by Crippen LogP contribution is 2.33. The fraction of sp³-hybridized carbons (Fsp3) is 0.684. The first-order valence-corrected chi connectivity index (χ1v) is 8.47. The first-order valence-electron chi connectivity index (χ1n) is 8.47. The van der Waals surface area contributed by atoms with Crippen LogP contribution >= 0.6 is 0 Å². The van der Waals surface area contributed by atoms with Crippen molar-refractivity contribution in [1.29, 1.82) is 0 Å². The van der Waals surface area contributed by atoms with E-state index in [2.05, 4.69) is 56.9 Å². The van der Waals surface area contributed by atoms with E-state index in [0.29, 0.717) is 23.9 Å². The minimum atomic E-state index is 0.375. The smallest absolute Gasteiger partial charge is 0.0470 e. The summed E-state index contributed by atoms with van der Waals surface area (Å²) >= 11 is 0. The number of hydrogen-bond acceptors (Lipinski definition) is 2. The molecule has 0 spiro atoms. The van der Waals surface area contributed by atoms with E-state index in [9.17, 15) is 0 Å². The third-order valence-corrected chi connectivity index (χ3v) is 5.03. The van der Waals surface area contributed by atoms with Gasteiger partial charge in [-0.2, -0.15) is 0 Å². The van der Waals surface area contributed by atoms with Crippen molar-refractivity contribution in [3.63, 3.8) is 0 Å². The fourth-order valence-electron chi connectivity index (χ4n) is 3.35. The molecule has 0 amide bonds. The largest absolute Gasteiger partial charge is 0.329 e. The van der Waals surface area contributed by atoms with E-state index < -0.39 is 0 Å². The minimum absolute atomic E-state index is 0.375. The van der Waals surface area contributed by atoms with Gasteiger partial charge in [0.15, 0.2) is 0 Å². The molecular weight excluding hydrogens is 256 g/mol. The monoisotopic (exact) mass is 288 g/mol. The van der Waals surface area contributed by atoms with Crippen molar-refractivity contribution in [2.75, 3.05) is 19.6 Å². The molecule has 1 heterocycles. The average molecular weight is 288 g/mol. The fourth-order valence-corrected chi connectivity index (χ4v) is 3.35. The summed E-state index contributed by atoms with van der Waals surface area (Å²) in [4.78, 5) is 2.60. The lowest BCUT2D eigenvalue weighted by Gasteiger charge is -2.31. The standard InChI is InChI=1S/C19H32N2/c1-15(2)16-6-8-17(9-7-16)18(14-20)21-12-5-10-19(3,4)11-13-21/h6-9,15,18H,5,10-14,20H2,1-4H3. The summed E-state index contributed by atoms with van der Waals surface area (Å²) < 4.78 is 0. The van der Waals surface area contributed by atoms with Crippen molar-refractivity contribution in [3.05, 3.63) is 35.4 Å². The van der Waals surface area contributed by atoms with Crippen LogP contribution in [-0.4, -0.2) is 24.5 Å². The second kappa shape index (κ2) is 6.93. The van der Waals surface area contributed by atoms with Crippen LogP contribution < -0.4 is 5.73 Å². The van der Waals surface area contributed by atoms with Crippen LogP contribution in [0.2, 0.25) is 0 Å². The SMILES string of the molecule is CC(C)c1ccc(C(CN)N2CCCC(C)(C)CC2)cc1. The van der Waals surface area contributed by atoms with Crippen molar-refractivity contribution >= 4 is 0 Å². The van der Waals surface area contributed by atoms with E-state index in [4.69, 9.17) is 5.73 Å². The van der Waals surface area contributed by atoms with Gasteiger partial charge in [-0.05, 0) is 54.8 Å². The van der Waals surface area contributed by atoms with Crippen LogP contribution in [0.3, 0.4) is 0 Å². The first-order chi connectivity index (χ1) is 9.93. The highest BCUT2D eigenvalue weighted by atomic mass is 15.2. The molecule has 0 bridgehead atoms. The Balaban J connectivity index is 2.11. The topological polar surface area (TPSA) is 29.3 Å². The summed E-state index contributed by atoms with van der Waals surface area (Å²) in [5.74, 6) is 0.592. The van der Waals surface area contributed by atoms with E-state index in [0.717, 1.165) is 0 Å². The Labute approximate surface area is 130 Å². The zero-order chi connectivity index (χ0) is 15.5. The summed E-state index contributed by atoms with van der Waals surface area (Å²) in [6.45, 7) is 12.3. The molecule has 1 saturated heterocycles. The number of nitrogens with two attached hydrogens (primary N) is 1. The zero-order valence-corrected chi connectivity index (χ0v) is 14.2. The van der Waals surface area contributed by atoms with E-state index in [-0.39, 0.29) is 0 Å². The number of benzene rings is 1. The molecule has 1 aliphatic heterocycles. The molecule has 0 aliphatic carbocycles. The number of rotatable bonds is 4. The molecule has 2 N–H and O–H groups in total. The summed E-state index contributed by atoms with van der Waals surface area (Å²) in [5.41, 5.74) is 9.38. The number of nitrogens with zero attached hydrogens (tertiary/aromatic N) is 1. The molecule has 1 aromatic carbocycles. The molecule has 118 valence electrons. The molecule has 1 atom stereocenters. The zero-order valence-electron chi connectivity index (χ0n) is 14.2. The summed E-state index contributed by atoms with van der Waals surface area (Å²) in [6.07, 6.45) is 3.88. The van der Waals surface area contributed by atoms with Crippen LogP contribution in [0.1, 0.15) is 70.0 Å². The molecule has 2 rings (SSSR count). The van der Waals surface area contributed by atoms with E-state index in [1.165, 1.54) is 43.5 Å². The predicted molar refractivity (Wildman–Crippen MR) is 91.5 cm³/mol. The van der Waals surface area contributed by atoms with Crippen molar-refractivity contribution in [1.82, 2.24) is 4.90 Å². The lowest BCUT2D eigenvalue weighted by molar-refractivity contribution is 0.200. The second-order valence-electron chi connectivity index (χ2n) is 7.63. The predicted octanol–water partition coefficient (Wildman–Crippen LogP) is 4.32. The lowest BCUT2D eigenvalue weighted by Crippen LogP contribution is -2.35. The summed E-state index contributed by atoms with van der Waals surface area (Å²) in [5, 5.41) is 0. The highest BCUT2D eigenvalue weighted by molar-refractivity contribution is 5.27. The van der Waals surface area contributed by atoms with Gasteiger partial charge in [-0.15, -0.1) is 0 Å². The Hall–Kier alpha value is -0.860. The Morgan fingerprint density at radius 1 is 1.05 bits per heavy atom. The maximum Gasteiger partial charge on any atom is 0.0470 e. The molecular formula is C19H32N2. The Morgan fingerprint density at radius 2 is 1.67 bits per heavy atom.